The Bertz CT molecular complexity index is 281. The number of rotatable bonds is 4. The number of nitrogens with one attached hydrogen (secondary N) is 1. The third-order valence-corrected chi connectivity index (χ3v) is 3.64. The molecule has 1 aliphatic carbocycles. The van der Waals surface area contributed by atoms with Crippen LogP contribution in [0.15, 0.2) is 22.8 Å². The molecule has 90 valence electrons. The minimum absolute atomic E-state index is 0.736. The van der Waals surface area contributed by atoms with E-state index < -0.39 is 0 Å². The Balaban J connectivity index is 1.65. The van der Waals surface area contributed by atoms with Gasteiger partial charge in [-0.3, -0.25) is 0 Å². The lowest BCUT2D eigenvalue weighted by molar-refractivity contribution is 0.435. The molecule has 1 aromatic heterocycles. The molecule has 1 saturated carbocycles. The summed E-state index contributed by atoms with van der Waals surface area (Å²) in [5.41, 5.74) is 0. The Morgan fingerprint density at radius 2 is 2.25 bits per heavy atom. The van der Waals surface area contributed by atoms with Crippen molar-refractivity contribution in [3.05, 3.63) is 24.2 Å². The van der Waals surface area contributed by atoms with Crippen LogP contribution < -0.4 is 5.32 Å². The van der Waals surface area contributed by atoms with Crippen LogP contribution in [0.1, 0.15) is 44.8 Å². The van der Waals surface area contributed by atoms with E-state index in [1.807, 2.05) is 6.07 Å². The van der Waals surface area contributed by atoms with Gasteiger partial charge < -0.3 is 9.73 Å². The summed E-state index contributed by atoms with van der Waals surface area (Å²) >= 11 is 0. The minimum Gasteiger partial charge on any atom is -0.469 e. The largest absolute Gasteiger partial charge is 0.469 e. The molecular weight excluding hydrogens is 198 g/mol. The van der Waals surface area contributed by atoms with Gasteiger partial charge in [-0.1, -0.05) is 19.8 Å². The van der Waals surface area contributed by atoms with Crippen molar-refractivity contribution in [3.63, 3.8) is 0 Å². The summed E-state index contributed by atoms with van der Waals surface area (Å²) in [5, 5.41) is 3.66. The van der Waals surface area contributed by atoms with Crippen LogP contribution in [0.25, 0.3) is 0 Å². The van der Waals surface area contributed by atoms with Crippen molar-refractivity contribution in [2.45, 2.75) is 51.5 Å². The normalized spacial score (nSPS) is 26.6. The fourth-order valence-corrected chi connectivity index (χ4v) is 2.55. The Morgan fingerprint density at radius 1 is 1.31 bits per heavy atom. The van der Waals surface area contributed by atoms with Crippen LogP contribution >= 0.6 is 0 Å². The van der Waals surface area contributed by atoms with Gasteiger partial charge in [-0.2, -0.15) is 0 Å². The van der Waals surface area contributed by atoms with Crippen molar-refractivity contribution >= 4 is 0 Å². The third kappa shape index (κ3) is 3.67. The Kier molecular flexibility index (Phi) is 4.46. The lowest BCUT2D eigenvalue weighted by Gasteiger charge is -2.15. The van der Waals surface area contributed by atoms with E-state index in [1.165, 1.54) is 32.1 Å². The zero-order chi connectivity index (χ0) is 11.2. The molecule has 2 nitrogen and oxygen atoms in total. The van der Waals surface area contributed by atoms with Crippen molar-refractivity contribution in [1.82, 2.24) is 5.32 Å². The fraction of sp³-hybridized carbons (Fsp3) is 0.714. The first kappa shape index (κ1) is 11.7. The first-order chi connectivity index (χ1) is 7.84. The highest BCUT2D eigenvalue weighted by Gasteiger charge is 2.15. The zero-order valence-electron chi connectivity index (χ0n) is 10.2. The molecule has 0 radical (unpaired) electrons. The molecule has 0 aromatic carbocycles. The van der Waals surface area contributed by atoms with Crippen LogP contribution in [0, 0.1) is 5.92 Å². The molecule has 2 heteroatoms. The summed E-state index contributed by atoms with van der Waals surface area (Å²) < 4.78 is 5.32. The van der Waals surface area contributed by atoms with Gasteiger partial charge in [0.25, 0.3) is 0 Å². The van der Waals surface area contributed by atoms with E-state index in [4.69, 9.17) is 4.42 Å². The first-order valence-corrected chi connectivity index (χ1v) is 6.60. The van der Waals surface area contributed by atoms with Gasteiger partial charge in [0.15, 0.2) is 0 Å². The smallest absolute Gasteiger partial charge is 0.105 e. The van der Waals surface area contributed by atoms with E-state index in [9.17, 15) is 0 Å². The molecule has 0 spiro atoms. The molecule has 1 fully saturated rings. The van der Waals surface area contributed by atoms with Crippen molar-refractivity contribution in [3.8, 4) is 0 Å². The maximum atomic E-state index is 5.32. The fourth-order valence-electron chi connectivity index (χ4n) is 2.55. The van der Waals surface area contributed by atoms with Gasteiger partial charge in [0.2, 0.25) is 0 Å². The van der Waals surface area contributed by atoms with E-state index in [0.29, 0.717) is 0 Å². The number of hydrogen-bond acceptors (Lipinski definition) is 2. The van der Waals surface area contributed by atoms with Gasteiger partial charge in [0.1, 0.15) is 5.76 Å². The lowest BCUT2D eigenvalue weighted by Crippen LogP contribution is -2.30. The summed E-state index contributed by atoms with van der Waals surface area (Å²) in [6.07, 6.45) is 9.65. The standard InChI is InChI=1S/C14H23NO/c1-12-4-2-5-13(8-7-12)15-10-9-14-6-3-11-16-14/h3,6,11-13,15H,2,4-5,7-10H2,1H3. The second kappa shape index (κ2) is 6.09. The molecule has 2 unspecified atom stereocenters. The summed E-state index contributed by atoms with van der Waals surface area (Å²) in [5.74, 6) is 2.02. The molecule has 2 atom stereocenters. The SMILES string of the molecule is CC1CCCC(NCCc2ccco2)CC1. The van der Waals surface area contributed by atoms with Gasteiger partial charge in [-0.05, 0) is 37.3 Å². The average Bonchev–Trinajstić information content (AvgIpc) is 2.70. The predicted molar refractivity (Wildman–Crippen MR) is 66.5 cm³/mol. The monoisotopic (exact) mass is 221 g/mol. The van der Waals surface area contributed by atoms with E-state index >= 15 is 0 Å². The van der Waals surface area contributed by atoms with Crippen LogP contribution in [-0.2, 0) is 6.42 Å². The molecule has 0 saturated heterocycles. The van der Waals surface area contributed by atoms with Crippen LogP contribution in [0.3, 0.4) is 0 Å². The quantitative estimate of drug-likeness (QED) is 0.788. The second-order valence-electron chi connectivity index (χ2n) is 5.09. The zero-order valence-corrected chi connectivity index (χ0v) is 10.2. The van der Waals surface area contributed by atoms with Crippen molar-refractivity contribution < 1.29 is 4.42 Å². The number of furan rings is 1. The molecule has 1 N–H and O–H groups in total. The van der Waals surface area contributed by atoms with Crippen LogP contribution in [0.2, 0.25) is 0 Å². The molecule has 1 heterocycles. The highest BCUT2D eigenvalue weighted by molar-refractivity contribution is 4.98. The predicted octanol–water partition coefficient (Wildman–Crippen LogP) is 3.38. The van der Waals surface area contributed by atoms with E-state index in [1.54, 1.807) is 6.26 Å². The summed E-state index contributed by atoms with van der Waals surface area (Å²) in [6.45, 7) is 3.43. The van der Waals surface area contributed by atoms with E-state index in [-0.39, 0.29) is 0 Å². The first-order valence-electron chi connectivity index (χ1n) is 6.60. The molecule has 0 aliphatic heterocycles. The summed E-state index contributed by atoms with van der Waals surface area (Å²) in [7, 11) is 0. The molecule has 1 aromatic rings. The molecule has 16 heavy (non-hydrogen) atoms. The van der Waals surface area contributed by atoms with Crippen LogP contribution in [-0.4, -0.2) is 12.6 Å². The van der Waals surface area contributed by atoms with Gasteiger partial charge in [-0.15, -0.1) is 0 Å². The highest BCUT2D eigenvalue weighted by atomic mass is 16.3. The van der Waals surface area contributed by atoms with Crippen LogP contribution in [0.4, 0.5) is 0 Å². The average molecular weight is 221 g/mol. The Hall–Kier alpha value is -0.760. The van der Waals surface area contributed by atoms with Crippen LogP contribution in [0.5, 0.6) is 0 Å². The van der Waals surface area contributed by atoms with Crippen molar-refractivity contribution in [1.29, 1.82) is 0 Å². The molecular formula is C14H23NO. The van der Waals surface area contributed by atoms with Gasteiger partial charge >= 0.3 is 0 Å². The van der Waals surface area contributed by atoms with E-state index in [2.05, 4.69) is 18.3 Å². The van der Waals surface area contributed by atoms with Crippen molar-refractivity contribution in [2.24, 2.45) is 5.92 Å². The maximum Gasteiger partial charge on any atom is 0.105 e. The topological polar surface area (TPSA) is 25.2 Å². The number of hydrogen-bond donors (Lipinski definition) is 1. The Labute approximate surface area is 98.4 Å². The van der Waals surface area contributed by atoms with E-state index in [0.717, 1.165) is 30.7 Å². The molecule has 2 rings (SSSR count). The molecule has 0 bridgehead atoms. The summed E-state index contributed by atoms with van der Waals surface area (Å²) in [4.78, 5) is 0. The summed E-state index contributed by atoms with van der Waals surface area (Å²) in [6, 6.07) is 4.75. The van der Waals surface area contributed by atoms with Crippen molar-refractivity contribution in [2.75, 3.05) is 6.54 Å². The molecule has 0 amide bonds. The molecule has 1 aliphatic rings. The second-order valence-corrected chi connectivity index (χ2v) is 5.09. The lowest BCUT2D eigenvalue weighted by atomic mass is 10.0. The minimum atomic E-state index is 0.736. The maximum absolute atomic E-state index is 5.32. The van der Waals surface area contributed by atoms with Gasteiger partial charge in [-0.25, -0.2) is 0 Å². The third-order valence-electron chi connectivity index (χ3n) is 3.64. The van der Waals surface area contributed by atoms with Gasteiger partial charge in [0.05, 0.1) is 6.26 Å². The Morgan fingerprint density at radius 3 is 3.06 bits per heavy atom. The highest BCUT2D eigenvalue weighted by Crippen LogP contribution is 2.22. The van der Waals surface area contributed by atoms with Gasteiger partial charge in [0, 0.05) is 19.0 Å².